The van der Waals surface area contributed by atoms with Crippen LogP contribution in [0.1, 0.15) is 240 Å². The molecule has 0 saturated heterocycles. The van der Waals surface area contributed by atoms with E-state index >= 15 is 0 Å². The molecule has 0 aliphatic carbocycles. The van der Waals surface area contributed by atoms with Crippen LogP contribution in [0.2, 0.25) is 0 Å². The molecule has 4 rings (SSSR count). The average Bonchev–Trinajstić information content (AvgIpc) is 3.17. The quantitative estimate of drug-likeness (QED) is 0.135. The first-order valence-corrected chi connectivity index (χ1v) is 24.1. The van der Waals surface area contributed by atoms with Gasteiger partial charge in [0, 0.05) is 28.7 Å². The summed E-state index contributed by atoms with van der Waals surface area (Å²) in [6.45, 7) is 49.4. The molecule has 0 spiro atoms. The fourth-order valence-electron chi connectivity index (χ4n) is 7.63. The van der Waals surface area contributed by atoms with Crippen LogP contribution in [0.15, 0.2) is 36.4 Å². The average molecular weight is 813 g/mol. The van der Waals surface area contributed by atoms with Crippen molar-refractivity contribution in [3.63, 3.8) is 0 Å². The van der Waals surface area contributed by atoms with Gasteiger partial charge in [0.1, 0.15) is 17.2 Å². The number of hydrogen-bond acceptors (Lipinski definition) is 3. The van der Waals surface area contributed by atoms with E-state index in [4.69, 9.17) is 13.6 Å². The zero-order chi connectivity index (χ0) is 44.0. The highest BCUT2D eigenvalue weighted by atomic mass is 31.2. The number of hydrogen-bond donors (Lipinski definition) is 0. The summed E-state index contributed by atoms with van der Waals surface area (Å²) in [6.07, 6.45) is 7.81. The molecule has 0 saturated carbocycles. The van der Waals surface area contributed by atoms with Crippen LogP contribution in [0, 0.1) is 0 Å². The number of fused-ring (bicyclic) bond motifs is 2. The van der Waals surface area contributed by atoms with Crippen LogP contribution >= 0.6 is 8.60 Å². The molecule has 1 aliphatic rings. The third kappa shape index (κ3) is 9.51. The maximum absolute atomic E-state index is 7.60. The van der Waals surface area contributed by atoms with Crippen LogP contribution in [0.25, 0.3) is 0 Å². The first kappa shape index (κ1) is 48.2. The van der Waals surface area contributed by atoms with Gasteiger partial charge < -0.3 is 13.6 Å². The summed E-state index contributed by atoms with van der Waals surface area (Å²) in [4.78, 5) is 0. The molecule has 0 atom stereocenters. The van der Waals surface area contributed by atoms with Gasteiger partial charge in [0.25, 0.3) is 0 Å². The van der Waals surface area contributed by atoms with Crippen molar-refractivity contribution >= 4 is 8.60 Å². The molecule has 0 bridgehead atoms. The first-order chi connectivity index (χ1) is 26.6. The fourth-order valence-corrected chi connectivity index (χ4v) is 8.81. The molecule has 4 heteroatoms. The molecule has 3 nitrogen and oxygen atoms in total. The van der Waals surface area contributed by atoms with Gasteiger partial charge in [-0.2, -0.15) is 0 Å². The van der Waals surface area contributed by atoms with E-state index in [2.05, 4.69) is 182 Å². The molecule has 58 heavy (non-hydrogen) atoms. The topological polar surface area (TPSA) is 27.7 Å². The monoisotopic (exact) mass is 813 g/mol. The highest BCUT2D eigenvalue weighted by Crippen LogP contribution is 2.57. The summed E-state index contributed by atoms with van der Waals surface area (Å²) in [6, 6.07) is 14.7. The summed E-state index contributed by atoms with van der Waals surface area (Å²) < 4.78 is 22.6. The third-order valence-electron chi connectivity index (χ3n) is 15.7. The Balaban J connectivity index is 2.23. The van der Waals surface area contributed by atoms with Crippen LogP contribution in [-0.2, 0) is 44.3 Å². The predicted octanol–water partition coefficient (Wildman–Crippen LogP) is 17.2. The molecule has 1 aliphatic heterocycles. The van der Waals surface area contributed by atoms with Gasteiger partial charge in [-0.1, -0.05) is 182 Å². The van der Waals surface area contributed by atoms with Gasteiger partial charge in [-0.05, 0) is 111 Å². The highest BCUT2D eigenvalue weighted by Gasteiger charge is 2.40. The maximum atomic E-state index is 7.60. The first-order valence-electron chi connectivity index (χ1n) is 23.0. The minimum Gasteiger partial charge on any atom is -0.408 e. The summed E-state index contributed by atoms with van der Waals surface area (Å²) in [7, 11) is -1.96. The van der Waals surface area contributed by atoms with Crippen molar-refractivity contribution in [2.75, 3.05) is 0 Å². The summed E-state index contributed by atoms with van der Waals surface area (Å²) in [5.41, 5.74) is 11.0. The predicted molar refractivity (Wildman–Crippen MR) is 254 cm³/mol. The van der Waals surface area contributed by atoms with Crippen molar-refractivity contribution in [2.24, 2.45) is 0 Å². The minimum absolute atomic E-state index is 0.00717. The van der Waals surface area contributed by atoms with E-state index < -0.39 is 8.60 Å². The van der Waals surface area contributed by atoms with Gasteiger partial charge in [0.2, 0.25) is 0 Å². The Hall–Kier alpha value is -2.51. The van der Waals surface area contributed by atoms with Gasteiger partial charge in [-0.15, -0.1) is 0 Å². The zero-order valence-electron chi connectivity index (χ0n) is 41.3. The highest BCUT2D eigenvalue weighted by molar-refractivity contribution is 7.43. The van der Waals surface area contributed by atoms with Crippen LogP contribution in [0.3, 0.4) is 0 Å². The van der Waals surface area contributed by atoms with Crippen molar-refractivity contribution in [2.45, 2.75) is 235 Å². The lowest BCUT2D eigenvalue weighted by Gasteiger charge is -2.38. The van der Waals surface area contributed by atoms with Crippen molar-refractivity contribution < 1.29 is 13.6 Å². The van der Waals surface area contributed by atoms with E-state index in [1.165, 1.54) is 50.1 Å². The second-order valence-electron chi connectivity index (χ2n) is 22.3. The Kier molecular flexibility index (Phi) is 14.2. The van der Waals surface area contributed by atoms with Gasteiger partial charge >= 0.3 is 8.60 Å². The zero-order valence-corrected chi connectivity index (χ0v) is 42.2. The van der Waals surface area contributed by atoms with E-state index in [0.717, 1.165) is 68.6 Å². The third-order valence-corrected chi connectivity index (χ3v) is 16.7. The molecular weight excluding hydrogens is 728 g/mol. The van der Waals surface area contributed by atoms with Gasteiger partial charge in [0.15, 0.2) is 0 Å². The number of benzene rings is 3. The Morgan fingerprint density at radius 1 is 0.397 bits per heavy atom. The molecular formula is C54H85O3P. The lowest BCUT2D eigenvalue weighted by atomic mass is 9.71. The summed E-state index contributed by atoms with van der Waals surface area (Å²) in [5.74, 6) is 2.81. The lowest BCUT2D eigenvalue weighted by Crippen LogP contribution is -2.27. The normalized spacial score (nSPS) is 14.9. The van der Waals surface area contributed by atoms with Crippen LogP contribution in [0.4, 0.5) is 0 Å². The van der Waals surface area contributed by atoms with Crippen LogP contribution < -0.4 is 13.6 Å². The van der Waals surface area contributed by atoms with Gasteiger partial charge in [0.05, 0.1) is 0 Å². The van der Waals surface area contributed by atoms with E-state index in [-0.39, 0.29) is 37.9 Å². The van der Waals surface area contributed by atoms with E-state index in [0.29, 0.717) is 0 Å². The Labute approximate surface area is 359 Å². The molecule has 0 unspecified atom stereocenters. The van der Waals surface area contributed by atoms with Crippen molar-refractivity contribution in [1.82, 2.24) is 0 Å². The van der Waals surface area contributed by atoms with Gasteiger partial charge in [-0.3, -0.25) is 0 Å². The molecule has 3 aromatic carbocycles. The standard InChI is InChI=1S/C54H85O3P/c1-22-48(8,9)38-30-36-29-37-31-39(49(10,11)23-2)33-42(52(16,17)26-5)46(37)56-58(55-45(36)41(32-38)51(14,15)25-4)57-47-43(53(18,19)27-6)34-40(50(12,13)24-3)35-44(47)54(20,21)28-7/h30-35H,22-29H2,1-21H3. The second kappa shape index (κ2) is 17.1. The summed E-state index contributed by atoms with van der Waals surface area (Å²) >= 11 is 0. The molecule has 0 radical (unpaired) electrons. The SMILES string of the molecule is CCC(C)(C)c1cc2c(c(C(C)(C)CC)c1)OP(Oc1c(C(C)(C)CC)cc(C(C)(C)CC)cc1C(C)(C)CC)Oc1c(cc(C(C)(C)CC)cc1C(C)(C)CC)C2. The Morgan fingerprint density at radius 2 is 0.655 bits per heavy atom. The number of rotatable bonds is 16. The molecule has 1 heterocycles. The van der Waals surface area contributed by atoms with E-state index in [9.17, 15) is 0 Å². The van der Waals surface area contributed by atoms with Crippen LogP contribution in [-0.4, -0.2) is 0 Å². The van der Waals surface area contributed by atoms with Crippen molar-refractivity contribution in [1.29, 1.82) is 0 Å². The van der Waals surface area contributed by atoms with Crippen molar-refractivity contribution in [3.8, 4) is 17.2 Å². The summed E-state index contributed by atoms with van der Waals surface area (Å²) in [5, 5.41) is 0. The maximum Gasteiger partial charge on any atom is 0.530 e. The van der Waals surface area contributed by atoms with Crippen LogP contribution in [0.5, 0.6) is 17.2 Å². The molecule has 3 aromatic rings. The molecule has 324 valence electrons. The molecule has 0 aromatic heterocycles. The fraction of sp³-hybridized carbons (Fsp3) is 0.667. The lowest BCUT2D eigenvalue weighted by molar-refractivity contribution is 0.351. The van der Waals surface area contributed by atoms with E-state index in [1.807, 2.05) is 0 Å². The van der Waals surface area contributed by atoms with Crippen molar-refractivity contribution in [3.05, 3.63) is 86.5 Å². The Morgan fingerprint density at radius 3 is 0.948 bits per heavy atom. The second-order valence-corrected chi connectivity index (χ2v) is 23.3. The molecule has 0 N–H and O–H groups in total. The van der Waals surface area contributed by atoms with Gasteiger partial charge in [-0.25, -0.2) is 0 Å². The van der Waals surface area contributed by atoms with E-state index in [1.54, 1.807) is 0 Å². The molecule has 0 amide bonds. The molecule has 0 fully saturated rings. The minimum atomic E-state index is -1.96. The Bertz CT molecular complexity index is 1800. The largest absolute Gasteiger partial charge is 0.530 e. The smallest absolute Gasteiger partial charge is 0.408 e.